The Labute approximate surface area is 154 Å². The molecule has 9 heteroatoms. The van der Waals surface area contributed by atoms with Crippen LogP contribution in [-0.2, 0) is 9.53 Å². The van der Waals surface area contributed by atoms with Gasteiger partial charge in [-0.2, -0.15) is 0 Å². The standard InChI is InChI=1S/C18H16FN5O3/c1-11-3-6-14(9-16(11)19)21-17(25)12(2)27-18(26)13-4-7-15(8-5-13)24-10-20-22-23-24/h3-10,12H,1-2H3,(H,21,25)/t12-/m0/s1. The minimum Gasteiger partial charge on any atom is -0.449 e. The second-order valence-electron chi connectivity index (χ2n) is 5.80. The number of nitrogens with zero attached hydrogens (tertiary/aromatic N) is 4. The normalized spacial score (nSPS) is 11.7. The number of hydrogen-bond acceptors (Lipinski definition) is 6. The highest BCUT2D eigenvalue weighted by Crippen LogP contribution is 2.15. The molecule has 1 amide bonds. The monoisotopic (exact) mass is 369 g/mol. The minimum absolute atomic E-state index is 0.271. The maximum absolute atomic E-state index is 13.5. The number of halogens is 1. The van der Waals surface area contributed by atoms with E-state index in [1.165, 1.54) is 24.0 Å². The predicted octanol–water partition coefficient (Wildman–Crippen LogP) is 2.29. The van der Waals surface area contributed by atoms with Crippen LogP contribution in [0.1, 0.15) is 22.8 Å². The molecule has 0 fully saturated rings. The molecule has 1 atom stereocenters. The molecule has 0 saturated carbocycles. The molecule has 0 unspecified atom stereocenters. The predicted molar refractivity (Wildman–Crippen MR) is 93.8 cm³/mol. The van der Waals surface area contributed by atoms with E-state index in [9.17, 15) is 14.0 Å². The van der Waals surface area contributed by atoms with Crippen LogP contribution in [0, 0.1) is 12.7 Å². The zero-order valence-electron chi connectivity index (χ0n) is 14.6. The van der Waals surface area contributed by atoms with Gasteiger partial charge in [0.2, 0.25) is 0 Å². The molecular formula is C18H16FN5O3. The Morgan fingerprint density at radius 3 is 2.56 bits per heavy atom. The second kappa shape index (κ2) is 7.73. The lowest BCUT2D eigenvalue weighted by molar-refractivity contribution is -0.123. The molecule has 1 N–H and O–H groups in total. The molecule has 8 nitrogen and oxygen atoms in total. The van der Waals surface area contributed by atoms with Crippen LogP contribution >= 0.6 is 0 Å². The lowest BCUT2D eigenvalue weighted by Crippen LogP contribution is -2.30. The number of hydrogen-bond donors (Lipinski definition) is 1. The van der Waals surface area contributed by atoms with E-state index in [-0.39, 0.29) is 11.3 Å². The maximum atomic E-state index is 13.5. The van der Waals surface area contributed by atoms with Crippen LogP contribution in [0.2, 0.25) is 0 Å². The lowest BCUT2D eigenvalue weighted by atomic mass is 10.2. The van der Waals surface area contributed by atoms with Crippen molar-refractivity contribution in [2.45, 2.75) is 20.0 Å². The number of ether oxygens (including phenoxy) is 1. The summed E-state index contributed by atoms with van der Waals surface area (Å²) in [6.07, 6.45) is 0.370. The third kappa shape index (κ3) is 4.32. The molecule has 0 aliphatic carbocycles. The van der Waals surface area contributed by atoms with Gasteiger partial charge in [-0.1, -0.05) is 6.07 Å². The van der Waals surface area contributed by atoms with Gasteiger partial charge in [0.1, 0.15) is 12.1 Å². The van der Waals surface area contributed by atoms with Gasteiger partial charge in [0, 0.05) is 5.69 Å². The van der Waals surface area contributed by atoms with Crippen LogP contribution in [0.25, 0.3) is 5.69 Å². The quantitative estimate of drug-likeness (QED) is 0.693. The molecule has 0 aliphatic rings. The lowest BCUT2D eigenvalue weighted by Gasteiger charge is -2.14. The number of anilines is 1. The molecular weight excluding hydrogens is 353 g/mol. The summed E-state index contributed by atoms with van der Waals surface area (Å²) >= 11 is 0. The van der Waals surface area contributed by atoms with Gasteiger partial charge in [0.25, 0.3) is 5.91 Å². The first kappa shape index (κ1) is 18.2. The highest BCUT2D eigenvalue weighted by Gasteiger charge is 2.19. The van der Waals surface area contributed by atoms with Gasteiger partial charge in [-0.05, 0) is 66.2 Å². The molecule has 3 aromatic rings. The van der Waals surface area contributed by atoms with Crippen molar-refractivity contribution >= 4 is 17.6 Å². The molecule has 0 aliphatic heterocycles. The van der Waals surface area contributed by atoms with Crippen molar-refractivity contribution < 1.29 is 18.7 Å². The summed E-state index contributed by atoms with van der Waals surface area (Å²) in [7, 11) is 0. The largest absolute Gasteiger partial charge is 0.449 e. The van der Waals surface area contributed by atoms with Crippen molar-refractivity contribution in [1.29, 1.82) is 0 Å². The third-order valence-corrected chi connectivity index (χ3v) is 3.81. The molecule has 0 spiro atoms. The van der Waals surface area contributed by atoms with Gasteiger partial charge in [-0.25, -0.2) is 13.9 Å². The Kier molecular flexibility index (Phi) is 5.20. The summed E-state index contributed by atoms with van der Waals surface area (Å²) in [4.78, 5) is 24.3. The molecule has 27 heavy (non-hydrogen) atoms. The Hall–Kier alpha value is -3.62. The summed E-state index contributed by atoms with van der Waals surface area (Å²) in [5, 5.41) is 13.3. The number of carbonyl (C=O) groups excluding carboxylic acids is 2. The van der Waals surface area contributed by atoms with Gasteiger partial charge < -0.3 is 10.1 Å². The molecule has 138 valence electrons. The van der Waals surface area contributed by atoms with Gasteiger partial charge in [0.15, 0.2) is 6.10 Å². The van der Waals surface area contributed by atoms with Crippen LogP contribution in [-0.4, -0.2) is 38.2 Å². The third-order valence-electron chi connectivity index (χ3n) is 3.81. The van der Waals surface area contributed by atoms with Crippen LogP contribution in [0.4, 0.5) is 10.1 Å². The van der Waals surface area contributed by atoms with E-state index in [0.717, 1.165) is 0 Å². The highest BCUT2D eigenvalue weighted by molar-refractivity contribution is 5.97. The topological polar surface area (TPSA) is 99.0 Å². The number of benzene rings is 2. The Morgan fingerprint density at radius 1 is 1.19 bits per heavy atom. The van der Waals surface area contributed by atoms with E-state index < -0.39 is 23.8 Å². The van der Waals surface area contributed by atoms with E-state index in [4.69, 9.17) is 4.74 Å². The average molecular weight is 369 g/mol. The zero-order valence-corrected chi connectivity index (χ0v) is 14.6. The molecule has 0 bridgehead atoms. The van der Waals surface area contributed by atoms with Crippen molar-refractivity contribution in [2.24, 2.45) is 0 Å². The first-order chi connectivity index (χ1) is 12.9. The number of esters is 1. The first-order valence-corrected chi connectivity index (χ1v) is 8.05. The summed E-state index contributed by atoms with van der Waals surface area (Å²) in [5.74, 6) is -1.65. The van der Waals surface area contributed by atoms with Crippen molar-refractivity contribution in [1.82, 2.24) is 20.2 Å². The number of tetrazole rings is 1. The van der Waals surface area contributed by atoms with Crippen LogP contribution < -0.4 is 5.32 Å². The van der Waals surface area contributed by atoms with Gasteiger partial charge >= 0.3 is 5.97 Å². The Bertz CT molecular complexity index is 958. The summed E-state index contributed by atoms with van der Waals surface area (Å²) < 4.78 is 20.1. The Balaban J connectivity index is 1.61. The molecule has 3 rings (SSSR count). The van der Waals surface area contributed by atoms with Gasteiger partial charge in [-0.3, -0.25) is 4.79 Å². The fourth-order valence-corrected chi connectivity index (χ4v) is 2.23. The van der Waals surface area contributed by atoms with Gasteiger partial charge in [-0.15, -0.1) is 5.10 Å². The van der Waals surface area contributed by atoms with E-state index in [0.29, 0.717) is 11.3 Å². The van der Waals surface area contributed by atoms with E-state index in [1.807, 2.05) is 0 Å². The Morgan fingerprint density at radius 2 is 1.93 bits per heavy atom. The minimum atomic E-state index is -1.05. The fraction of sp³-hybridized carbons (Fsp3) is 0.167. The summed E-state index contributed by atoms with van der Waals surface area (Å²) in [6, 6.07) is 10.7. The van der Waals surface area contributed by atoms with E-state index in [1.54, 1.807) is 43.3 Å². The highest BCUT2D eigenvalue weighted by atomic mass is 19.1. The van der Waals surface area contributed by atoms with E-state index >= 15 is 0 Å². The fourth-order valence-electron chi connectivity index (χ4n) is 2.23. The number of aromatic nitrogens is 4. The second-order valence-corrected chi connectivity index (χ2v) is 5.80. The average Bonchev–Trinajstić information content (AvgIpc) is 3.19. The molecule has 0 saturated heterocycles. The molecule has 0 radical (unpaired) electrons. The molecule has 1 aromatic heterocycles. The summed E-state index contributed by atoms with van der Waals surface area (Å²) in [6.45, 7) is 3.06. The van der Waals surface area contributed by atoms with Gasteiger partial charge in [0.05, 0.1) is 11.3 Å². The van der Waals surface area contributed by atoms with Crippen LogP contribution in [0.5, 0.6) is 0 Å². The van der Waals surface area contributed by atoms with Crippen molar-refractivity contribution in [3.63, 3.8) is 0 Å². The number of rotatable bonds is 5. The number of carbonyl (C=O) groups is 2. The molecule has 1 heterocycles. The van der Waals surface area contributed by atoms with Crippen LogP contribution in [0.3, 0.4) is 0 Å². The van der Waals surface area contributed by atoms with Crippen molar-refractivity contribution in [3.8, 4) is 5.69 Å². The number of nitrogens with one attached hydrogen (secondary N) is 1. The van der Waals surface area contributed by atoms with Crippen LogP contribution in [0.15, 0.2) is 48.8 Å². The first-order valence-electron chi connectivity index (χ1n) is 8.05. The van der Waals surface area contributed by atoms with Crippen molar-refractivity contribution in [2.75, 3.05) is 5.32 Å². The number of aryl methyl sites for hydroxylation is 1. The zero-order chi connectivity index (χ0) is 19.4. The molecule has 2 aromatic carbocycles. The van der Waals surface area contributed by atoms with E-state index in [2.05, 4.69) is 20.8 Å². The SMILES string of the molecule is Cc1ccc(NC(=O)[C@H](C)OC(=O)c2ccc(-n3cnnn3)cc2)cc1F. The van der Waals surface area contributed by atoms with Crippen molar-refractivity contribution in [3.05, 3.63) is 65.7 Å². The smallest absolute Gasteiger partial charge is 0.338 e. The number of amides is 1. The maximum Gasteiger partial charge on any atom is 0.338 e. The summed E-state index contributed by atoms with van der Waals surface area (Å²) in [5.41, 5.74) is 1.70.